The predicted molar refractivity (Wildman–Crippen MR) is 170 cm³/mol. The number of hydrogen-bond acceptors (Lipinski definition) is 7. The zero-order chi connectivity index (χ0) is 32.8. The summed E-state index contributed by atoms with van der Waals surface area (Å²) in [6.07, 6.45) is 2.63. The third-order valence-electron chi connectivity index (χ3n) is 8.84. The third-order valence-corrected chi connectivity index (χ3v) is 8.84. The van der Waals surface area contributed by atoms with Crippen LogP contribution in [0.15, 0.2) is 53.3 Å². The van der Waals surface area contributed by atoms with Crippen molar-refractivity contribution in [2.24, 2.45) is 4.99 Å². The molecule has 3 aliphatic heterocycles. The van der Waals surface area contributed by atoms with Crippen LogP contribution in [-0.2, 0) is 27.2 Å². The average molecular weight is 630 g/mol. The normalized spacial score (nSPS) is 18.8. The molecule has 2 atom stereocenters. The molecule has 242 valence electrons. The second-order valence-electron chi connectivity index (χ2n) is 12.0. The van der Waals surface area contributed by atoms with E-state index in [2.05, 4.69) is 21.9 Å². The average Bonchev–Trinajstić information content (AvgIpc) is 3.44. The van der Waals surface area contributed by atoms with Crippen LogP contribution in [0.5, 0.6) is 5.75 Å². The molecular formula is C34H39N5O7. The monoisotopic (exact) mass is 629 g/mol. The van der Waals surface area contributed by atoms with Crippen LogP contribution in [0.2, 0.25) is 0 Å². The number of aliphatic imine (C=N–C) groups is 1. The van der Waals surface area contributed by atoms with E-state index in [0.29, 0.717) is 62.1 Å². The minimum absolute atomic E-state index is 0.0274. The van der Waals surface area contributed by atoms with Gasteiger partial charge in [0, 0.05) is 50.2 Å². The number of anilines is 1. The maximum atomic E-state index is 13.3. The zero-order valence-electron chi connectivity index (χ0n) is 26.1. The van der Waals surface area contributed by atoms with Crippen molar-refractivity contribution in [3.63, 3.8) is 0 Å². The standard InChI is InChI=1S/C34H39N5O7/c1-22-19-24(20-23(2)30(22)40)21-29(31(41)35-13-6-15-37-14-5-9-28(37)32(42)43)46-34(45)38-16-11-26(12-17-38)39-18-10-25-7-3-4-8-27(25)36-33(39)44/h3-4,7-8,15,19-20,26,28-29,40H,5,9-12,14,16-18,21H2,1-2H3,(H,36,44)(H,42,43)/t28-,29+/m0/s1. The van der Waals surface area contributed by atoms with Crippen molar-refractivity contribution in [2.75, 3.05) is 31.5 Å². The van der Waals surface area contributed by atoms with Crippen molar-refractivity contribution in [3.8, 4) is 5.75 Å². The molecule has 0 spiro atoms. The lowest BCUT2D eigenvalue weighted by Gasteiger charge is -2.37. The number of phenolic OH excluding ortho intramolecular Hbond substituents is 1. The number of nitrogens with zero attached hydrogens (tertiary/aromatic N) is 4. The Hall–Kier alpha value is -5.05. The molecule has 5 rings (SSSR count). The van der Waals surface area contributed by atoms with Crippen LogP contribution in [0.3, 0.4) is 0 Å². The molecule has 2 aromatic rings. The smallest absolute Gasteiger partial charge is 0.410 e. The highest BCUT2D eigenvalue weighted by atomic mass is 16.6. The summed E-state index contributed by atoms with van der Waals surface area (Å²) in [6, 6.07) is 10.3. The first-order valence-corrected chi connectivity index (χ1v) is 15.6. The van der Waals surface area contributed by atoms with Gasteiger partial charge in [0.25, 0.3) is 5.91 Å². The highest BCUT2D eigenvalue weighted by Gasteiger charge is 2.34. The van der Waals surface area contributed by atoms with Gasteiger partial charge in [-0.15, -0.1) is 0 Å². The lowest BCUT2D eigenvalue weighted by atomic mass is 10.0. The second-order valence-corrected chi connectivity index (χ2v) is 12.0. The molecule has 46 heavy (non-hydrogen) atoms. The number of phenols is 1. The SMILES string of the molecule is Cc1cc(C[C@@H](OC(=O)N2CCC(N3CCc4ccccc4NC3=O)CC2)C(=O)N=C=C=CN2CCC[C@H]2C(=O)O)cc(C)c1O. The Balaban J connectivity index is 1.25. The van der Waals surface area contributed by atoms with Gasteiger partial charge >= 0.3 is 18.1 Å². The topological polar surface area (TPSA) is 152 Å². The van der Waals surface area contributed by atoms with Crippen LogP contribution in [0, 0.1) is 13.8 Å². The summed E-state index contributed by atoms with van der Waals surface area (Å²) in [5.41, 5.74) is 6.47. The number of rotatable bonds is 7. The molecule has 0 bridgehead atoms. The summed E-state index contributed by atoms with van der Waals surface area (Å²) in [7, 11) is 0. The molecule has 0 radical (unpaired) electrons. The second kappa shape index (κ2) is 14.4. The number of urea groups is 1. The lowest BCUT2D eigenvalue weighted by molar-refractivity contribution is -0.141. The molecule has 3 heterocycles. The van der Waals surface area contributed by atoms with Crippen molar-refractivity contribution < 1.29 is 34.1 Å². The summed E-state index contributed by atoms with van der Waals surface area (Å²) < 4.78 is 5.73. The molecule has 0 saturated carbocycles. The number of fused-ring (bicyclic) bond motifs is 1. The Bertz CT molecular complexity index is 1580. The van der Waals surface area contributed by atoms with E-state index in [1.165, 1.54) is 11.1 Å². The van der Waals surface area contributed by atoms with Gasteiger partial charge in [-0.2, -0.15) is 4.99 Å². The fourth-order valence-electron chi connectivity index (χ4n) is 6.33. The molecule has 0 unspecified atom stereocenters. The molecule has 3 N–H and O–H groups in total. The van der Waals surface area contributed by atoms with E-state index in [1.807, 2.05) is 29.2 Å². The lowest BCUT2D eigenvalue weighted by Crippen LogP contribution is -2.50. The number of aliphatic carboxylic acids is 1. The summed E-state index contributed by atoms with van der Waals surface area (Å²) >= 11 is 0. The number of carbonyl (C=O) groups is 4. The van der Waals surface area contributed by atoms with Crippen LogP contribution < -0.4 is 5.32 Å². The first kappa shape index (κ1) is 32.3. The summed E-state index contributed by atoms with van der Waals surface area (Å²) in [6.45, 7) is 5.32. The Morgan fingerprint density at radius 3 is 2.52 bits per heavy atom. The van der Waals surface area contributed by atoms with Gasteiger partial charge in [-0.05, 0) is 80.0 Å². The number of para-hydroxylation sites is 1. The number of carbonyl (C=O) groups excluding carboxylic acids is 3. The molecule has 3 aliphatic rings. The van der Waals surface area contributed by atoms with Gasteiger partial charge in [0.15, 0.2) is 6.10 Å². The number of amides is 4. The van der Waals surface area contributed by atoms with E-state index >= 15 is 0 Å². The van der Waals surface area contributed by atoms with E-state index < -0.39 is 30.1 Å². The van der Waals surface area contributed by atoms with Crippen LogP contribution in [0.4, 0.5) is 15.3 Å². The number of piperidine rings is 1. The van der Waals surface area contributed by atoms with E-state index in [1.54, 1.807) is 30.9 Å². The van der Waals surface area contributed by atoms with Crippen molar-refractivity contribution in [3.05, 3.63) is 70.6 Å². The van der Waals surface area contributed by atoms with Crippen molar-refractivity contribution in [1.29, 1.82) is 0 Å². The third kappa shape index (κ3) is 7.59. The Morgan fingerprint density at radius 1 is 1.09 bits per heavy atom. The van der Waals surface area contributed by atoms with Crippen LogP contribution in [0.25, 0.3) is 0 Å². The number of benzene rings is 2. The first-order valence-electron chi connectivity index (χ1n) is 15.6. The molecular weight excluding hydrogens is 590 g/mol. The number of aryl methyl sites for hydroxylation is 2. The number of nitrogens with one attached hydrogen (secondary N) is 1. The molecule has 2 fully saturated rings. The molecule has 2 saturated heterocycles. The summed E-state index contributed by atoms with van der Waals surface area (Å²) in [5.74, 6) is 0.904. The zero-order valence-corrected chi connectivity index (χ0v) is 26.1. The van der Waals surface area contributed by atoms with Crippen molar-refractivity contribution >= 4 is 35.6 Å². The quantitative estimate of drug-likeness (QED) is 0.307. The number of likely N-dealkylation sites (tertiary alicyclic amines) is 2. The van der Waals surface area contributed by atoms with Crippen molar-refractivity contribution in [1.82, 2.24) is 14.7 Å². The van der Waals surface area contributed by atoms with Gasteiger partial charge in [-0.3, -0.25) is 4.79 Å². The number of ether oxygens (including phenoxy) is 1. The first-order chi connectivity index (χ1) is 22.1. The maximum Gasteiger partial charge on any atom is 0.410 e. The van der Waals surface area contributed by atoms with Crippen LogP contribution in [0.1, 0.15) is 47.9 Å². The summed E-state index contributed by atoms with van der Waals surface area (Å²) in [4.78, 5) is 59.7. The number of carboxylic acids is 1. The Labute approximate surface area is 267 Å². The molecule has 12 nitrogen and oxygen atoms in total. The minimum atomic E-state index is -1.27. The largest absolute Gasteiger partial charge is 0.507 e. The molecule has 4 amide bonds. The van der Waals surface area contributed by atoms with Gasteiger partial charge in [0.2, 0.25) is 0 Å². The molecule has 12 heteroatoms. The fraction of sp³-hybridized carbons (Fsp3) is 0.441. The molecule has 2 aromatic carbocycles. The summed E-state index contributed by atoms with van der Waals surface area (Å²) in [5, 5.41) is 22.5. The van der Waals surface area contributed by atoms with Gasteiger partial charge < -0.3 is 35.0 Å². The minimum Gasteiger partial charge on any atom is -0.507 e. The van der Waals surface area contributed by atoms with E-state index in [-0.39, 0.29) is 24.2 Å². The Morgan fingerprint density at radius 2 is 1.80 bits per heavy atom. The highest BCUT2D eigenvalue weighted by molar-refractivity contribution is 5.91. The van der Waals surface area contributed by atoms with Crippen molar-refractivity contribution in [2.45, 2.75) is 70.6 Å². The maximum absolute atomic E-state index is 13.3. The van der Waals surface area contributed by atoms with E-state index in [9.17, 15) is 29.4 Å². The van der Waals surface area contributed by atoms with E-state index in [4.69, 9.17) is 4.74 Å². The molecule has 0 aliphatic carbocycles. The fourth-order valence-corrected chi connectivity index (χ4v) is 6.33. The van der Waals surface area contributed by atoms with Gasteiger partial charge in [0.1, 0.15) is 11.8 Å². The van der Waals surface area contributed by atoms with Gasteiger partial charge in [0.05, 0.1) is 6.20 Å². The highest BCUT2D eigenvalue weighted by Crippen LogP contribution is 2.26. The van der Waals surface area contributed by atoms with Gasteiger partial charge in [-0.25, -0.2) is 14.4 Å². The Kier molecular flexibility index (Phi) is 10.1. The van der Waals surface area contributed by atoms with E-state index in [0.717, 1.165) is 24.1 Å². The van der Waals surface area contributed by atoms with Crippen LogP contribution in [-0.4, -0.2) is 99.2 Å². The molecule has 0 aromatic heterocycles. The number of aromatic hydroxyl groups is 1. The number of carboxylic acid groups (broad SMARTS) is 1. The number of hydrogen-bond donors (Lipinski definition) is 3. The predicted octanol–water partition coefficient (Wildman–Crippen LogP) is 4.03. The van der Waals surface area contributed by atoms with Crippen LogP contribution >= 0.6 is 0 Å². The van der Waals surface area contributed by atoms with Gasteiger partial charge in [-0.1, -0.05) is 30.3 Å².